The Morgan fingerprint density at radius 2 is 1.30 bits per heavy atom. The van der Waals surface area contributed by atoms with Gasteiger partial charge in [-0.3, -0.25) is 9.59 Å². The van der Waals surface area contributed by atoms with Crippen molar-refractivity contribution < 1.29 is 9.59 Å². The van der Waals surface area contributed by atoms with Gasteiger partial charge in [0.2, 0.25) is 11.6 Å². The van der Waals surface area contributed by atoms with Gasteiger partial charge in [-0.1, -0.05) is 59.1 Å². The molecule has 1 fully saturated rings. The first-order valence-electron chi connectivity index (χ1n) is 8.50. The van der Waals surface area contributed by atoms with E-state index in [1.54, 1.807) is 30.3 Å². The van der Waals surface area contributed by atoms with Gasteiger partial charge in [0.25, 0.3) is 0 Å². The Morgan fingerprint density at radius 1 is 0.704 bits per heavy atom. The molecular formula is C20H15Cl3N2O2. The zero-order valence-corrected chi connectivity index (χ0v) is 16.5. The molecule has 0 spiro atoms. The summed E-state index contributed by atoms with van der Waals surface area (Å²) in [5.41, 5.74) is 2.05. The number of rotatable bonds is 2. The molecule has 4 nitrogen and oxygen atoms in total. The highest BCUT2D eigenvalue weighted by molar-refractivity contribution is 6.49. The summed E-state index contributed by atoms with van der Waals surface area (Å²) in [6, 6.07) is 12.3. The number of hydrogen-bond acceptors (Lipinski definition) is 4. The predicted octanol–water partition coefficient (Wildman–Crippen LogP) is 4.65. The molecule has 7 heteroatoms. The summed E-state index contributed by atoms with van der Waals surface area (Å²) in [6.45, 7) is 2.50. The van der Waals surface area contributed by atoms with Crippen LogP contribution in [0.3, 0.4) is 0 Å². The van der Waals surface area contributed by atoms with Crippen molar-refractivity contribution in [1.82, 2.24) is 4.90 Å². The lowest BCUT2D eigenvalue weighted by Gasteiger charge is -2.39. The largest absolute Gasteiger partial charge is 0.368 e. The minimum absolute atomic E-state index is 0.00156. The number of allylic oxidation sites excluding steroid dienone is 2. The van der Waals surface area contributed by atoms with E-state index in [0.29, 0.717) is 53.0 Å². The summed E-state index contributed by atoms with van der Waals surface area (Å²) in [7, 11) is 0. The highest BCUT2D eigenvalue weighted by Gasteiger charge is 2.35. The summed E-state index contributed by atoms with van der Waals surface area (Å²) in [5.74, 6) is -0.494. The van der Waals surface area contributed by atoms with E-state index >= 15 is 0 Å². The van der Waals surface area contributed by atoms with Crippen LogP contribution in [-0.4, -0.2) is 42.6 Å². The van der Waals surface area contributed by atoms with Crippen LogP contribution >= 0.6 is 34.8 Å². The molecule has 2 aromatic carbocycles. The molecule has 4 rings (SSSR count). The summed E-state index contributed by atoms with van der Waals surface area (Å²) >= 11 is 18.4. The van der Waals surface area contributed by atoms with Gasteiger partial charge in [-0.05, 0) is 18.2 Å². The molecule has 0 unspecified atom stereocenters. The molecule has 2 aromatic rings. The molecule has 27 heavy (non-hydrogen) atoms. The average molecular weight is 422 g/mol. The number of ketones is 2. The number of carbonyl (C=O) groups excluding carboxylic acids is 2. The summed E-state index contributed by atoms with van der Waals surface area (Å²) in [5, 5.41) is 1.02. The zero-order chi connectivity index (χ0) is 19.1. The second-order valence-electron chi connectivity index (χ2n) is 6.44. The zero-order valence-electron chi connectivity index (χ0n) is 14.2. The van der Waals surface area contributed by atoms with Gasteiger partial charge >= 0.3 is 0 Å². The van der Waals surface area contributed by atoms with Crippen molar-refractivity contribution in [2.24, 2.45) is 0 Å². The number of piperazine rings is 1. The standard InChI is InChI=1S/C20H15Cl3N2O2/c21-15-6-5-12(11-16(15)22)24-7-9-25(10-8-24)18-17(23)19(26)13-3-1-2-4-14(13)20(18)27/h1-6,11H,7-10H2. The lowest BCUT2D eigenvalue weighted by atomic mass is 9.91. The Hall–Kier alpha value is -2.01. The van der Waals surface area contributed by atoms with Crippen LogP contribution in [0.15, 0.2) is 53.2 Å². The molecular weight excluding hydrogens is 407 g/mol. The first kappa shape index (κ1) is 18.4. The van der Waals surface area contributed by atoms with Gasteiger partial charge in [-0.15, -0.1) is 0 Å². The molecule has 1 saturated heterocycles. The maximum Gasteiger partial charge on any atom is 0.211 e. The number of anilines is 1. The van der Waals surface area contributed by atoms with Gasteiger partial charge in [0.15, 0.2) is 0 Å². The summed E-state index contributed by atoms with van der Waals surface area (Å²) in [4.78, 5) is 29.5. The molecule has 0 radical (unpaired) electrons. The monoisotopic (exact) mass is 420 g/mol. The normalized spacial score (nSPS) is 17.4. The third-order valence-electron chi connectivity index (χ3n) is 4.90. The van der Waals surface area contributed by atoms with Crippen molar-refractivity contribution in [3.63, 3.8) is 0 Å². The molecule has 2 aliphatic rings. The van der Waals surface area contributed by atoms with E-state index in [1.807, 2.05) is 17.0 Å². The SMILES string of the molecule is O=C1C(Cl)=C(N2CCN(c3ccc(Cl)c(Cl)c3)CC2)C(=O)c2ccccc21. The van der Waals surface area contributed by atoms with E-state index in [2.05, 4.69) is 4.90 Å². The minimum atomic E-state index is -0.297. The number of halogens is 3. The van der Waals surface area contributed by atoms with Gasteiger partial charge in [0.05, 0.1) is 10.0 Å². The fourth-order valence-corrected chi connectivity index (χ4v) is 4.08. The van der Waals surface area contributed by atoms with E-state index in [4.69, 9.17) is 34.8 Å². The lowest BCUT2D eigenvalue weighted by Crippen LogP contribution is -2.48. The van der Waals surface area contributed by atoms with Gasteiger partial charge in [-0.2, -0.15) is 0 Å². The van der Waals surface area contributed by atoms with Crippen molar-refractivity contribution in [2.45, 2.75) is 0 Å². The van der Waals surface area contributed by atoms with Crippen LogP contribution in [0.1, 0.15) is 20.7 Å². The Kier molecular flexibility index (Phi) is 4.89. The Labute approximate surface area is 171 Å². The quantitative estimate of drug-likeness (QED) is 0.708. The van der Waals surface area contributed by atoms with E-state index in [0.717, 1.165) is 5.69 Å². The first-order chi connectivity index (χ1) is 13.0. The van der Waals surface area contributed by atoms with Crippen LogP contribution in [0, 0.1) is 0 Å². The van der Waals surface area contributed by atoms with Crippen LogP contribution < -0.4 is 4.90 Å². The molecule has 0 amide bonds. The van der Waals surface area contributed by atoms with Crippen molar-refractivity contribution in [2.75, 3.05) is 31.1 Å². The molecule has 0 saturated carbocycles. The Bertz CT molecular complexity index is 979. The number of nitrogens with zero attached hydrogens (tertiary/aromatic N) is 2. The first-order valence-corrected chi connectivity index (χ1v) is 9.64. The van der Waals surface area contributed by atoms with Crippen molar-refractivity contribution in [3.8, 4) is 0 Å². The number of Topliss-reactive ketones (excluding diaryl/α,β-unsaturated/α-hetero) is 2. The van der Waals surface area contributed by atoms with E-state index in [9.17, 15) is 9.59 Å². The van der Waals surface area contributed by atoms with Crippen LogP contribution in [0.5, 0.6) is 0 Å². The second-order valence-corrected chi connectivity index (χ2v) is 7.63. The fourth-order valence-electron chi connectivity index (χ4n) is 3.48. The molecule has 0 aromatic heterocycles. The maximum absolute atomic E-state index is 12.9. The van der Waals surface area contributed by atoms with Crippen LogP contribution in [0.25, 0.3) is 0 Å². The lowest BCUT2D eigenvalue weighted by molar-refractivity contribution is 0.0945. The molecule has 138 valence electrons. The third kappa shape index (κ3) is 3.22. The smallest absolute Gasteiger partial charge is 0.211 e. The molecule has 0 bridgehead atoms. The van der Waals surface area contributed by atoms with Crippen LogP contribution in [-0.2, 0) is 0 Å². The van der Waals surface area contributed by atoms with E-state index in [-0.39, 0.29) is 16.6 Å². The number of hydrogen-bond donors (Lipinski definition) is 0. The van der Waals surface area contributed by atoms with Gasteiger partial charge in [0, 0.05) is 43.0 Å². The maximum atomic E-state index is 12.9. The molecule has 1 aliphatic carbocycles. The van der Waals surface area contributed by atoms with Gasteiger partial charge in [0.1, 0.15) is 10.7 Å². The highest BCUT2D eigenvalue weighted by Crippen LogP contribution is 2.32. The fraction of sp³-hybridized carbons (Fsp3) is 0.200. The number of fused-ring (bicyclic) bond motifs is 1. The number of carbonyl (C=O) groups is 2. The highest BCUT2D eigenvalue weighted by atomic mass is 35.5. The summed E-state index contributed by atoms with van der Waals surface area (Å²) in [6.07, 6.45) is 0. The Balaban J connectivity index is 1.56. The average Bonchev–Trinajstić information content (AvgIpc) is 2.69. The Morgan fingerprint density at radius 3 is 1.93 bits per heavy atom. The van der Waals surface area contributed by atoms with Crippen LogP contribution in [0.4, 0.5) is 5.69 Å². The molecule has 1 heterocycles. The summed E-state index contributed by atoms with van der Waals surface area (Å²) < 4.78 is 0. The number of benzene rings is 2. The van der Waals surface area contributed by atoms with E-state index in [1.165, 1.54) is 0 Å². The molecule has 0 atom stereocenters. The van der Waals surface area contributed by atoms with Crippen LogP contribution in [0.2, 0.25) is 10.0 Å². The van der Waals surface area contributed by atoms with Crippen molar-refractivity contribution in [3.05, 3.63) is 74.4 Å². The third-order valence-corrected chi connectivity index (χ3v) is 5.99. The minimum Gasteiger partial charge on any atom is -0.368 e. The van der Waals surface area contributed by atoms with Crippen molar-refractivity contribution >= 4 is 52.1 Å². The topological polar surface area (TPSA) is 40.6 Å². The second kappa shape index (κ2) is 7.19. The molecule has 1 aliphatic heterocycles. The predicted molar refractivity (Wildman–Crippen MR) is 108 cm³/mol. The van der Waals surface area contributed by atoms with E-state index < -0.39 is 0 Å². The molecule has 0 N–H and O–H groups in total. The van der Waals surface area contributed by atoms with Gasteiger partial charge in [-0.25, -0.2) is 0 Å². The van der Waals surface area contributed by atoms with Crippen molar-refractivity contribution in [1.29, 1.82) is 0 Å². The van der Waals surface area contributed by atoms with Gasteiger partial charge < -0.3 is 9.80 Å².